The quantitative estimate of drug-likeness (QED) is 0.471. The van der Waals surface area contributed by atoms with E-state index >= 15 is 0 Å². The third-order valence-electron chi connectivity index (χ3n) is 10.00. The van der Waals surface area contributed by atoms with Crippen LogP contribution in [0.4, 0.5) is 0 Å². The van der Waals surface area contributed by atoms with E-state index in [0.29, 0.717) is 9.77 Å². The average molecular weight is 471 g/mol. The van der Waals surface area contributed by atoms with Gasteiger partial charge in [0.1, 0.15) is 0 Å². The van der Waals surface area contributed by atoms with Gasteiger partial charge in [0, 0.05) is 16.1 Å². The van der Waals surface area contributed by atoms with Gasteiger partial charge in [0.05, 0.1) is 0 Å². The second-order valence-corrected chi connectivity index (χ2v) is 26.0. The molecule has 0 atom stereocenters. The molecule has 4 fully saturated rings. The molecule has 3 nitrogen and oxygen atoms in total. The monoisotopic (exact) mass is 471 g/mol. The fraction of sp³-hybridized carbons (Fsp3) is 1.00. The zero-order chi connectivity index (χ0) is 23.5. The molecule has 0 aliphatic carbocycles. The molecule has 0 amide bonds. The second-order valence-electron chi connectivity index (χ2n) is 14.9. The lowest BCUT2D eigenvalue weighted by Crippen LogP contribution is -2.89. The fourth-order valence-corrected chi connectivity index (χ4v) is 23.6. The van der Waals surface area contributed by atoms with E-state index in [1.807, 2.05) is 0 Å². The van der Waals surface area contributed by atoms with Crippen LogP contribution >= 0.6 is 0 Å². The Labute approximate surface area is 204 Å². The molecular formula is C24H52B3N3Si2. The van der Waals surface area contributed by atoms with Gasteiger partial charge in [0.25, 0.3) is 0 Å². The number of hydrogen-bond acceptors (Lipinski definition) is 3. The molecule has 0 bridgehead atoms. The minimum absolute atomic E-state index is 0.343. The first-order valence-electron chi connectivity index (χ1n) is 14.0. The van der Waals surface area contributed by atoms with Crippen LogP contribution < -0.4 is 0 Å². The number of hydrogen-bond donors (Lipinski definition) is 0. The first-order chi connectivity index (χ1) is 14.8. The van der Waals surface area contributed by atoms with Crippen LogP contribution in [-0.2, 0) is 0 Å². The smallest absolute Gasteiger partial charge is 0.219 e. The Bertz CT molecular complexity index is 615. The summed E-state index contributed by atoms with van der Waals surface area (Å²) in [6.45, 7) is 34.8. The van der Waals surface area contributed by atoms with Crippen molar-refractivity contribution in [2.75, 3.05) is 39.3 Å². The largest absolute Gasteiger partial charge is 0.343 e. The van der Waals surface area contributed by atoms with Gasteiger partial charge in [-0.3, -0.25) is 0 Å². The summed E-state index contributed by atoms with van der Waals surface area (Å²) >= 11 is 0. The van der Waals surface area contributed by atoms with Gasteiger partial charge in [-0.25, -0.2) is 0 Å². The molecule has 4 aliphatic heterocycles. The Morgan fingerprint density at radius 1 is 0.656 bits per heavy atom. The topological polar surface area (TPSA) is 9.72 Å². The molecular weight excluding hydrogens is 419 g/mol. The van der Waals surface area contributed by atoms with Crippen molar-refractivity contribution in [1.29, 1.82) is 0 Å². The van der Waals surface area contributed by atoms with Crippen molar-refractivity contribution in [1.82, 2.24) is 14.4 Å². The summed E-state index contributed by atoms with van der Waals surface area (Å²) < 4.78 is 0.586. The summed E-state index contributed by atoms with van der Waals surface area (Å²) in [6, 6.07) is 0. The lowest BCUT2D eigenvalue weighted by atomic mass is 8.97. The van der Waals surface area contributed by atoms with Crippen LogP contribution in [0, 0.1) is 0 Å². The molecule has 0 N–H and O–H groups in total. The fourth-order valence-electron chi connectivity index (χ4n) is 9.57. The predicted octanol–water partition coefficient (Wildman–Crippen LogP) is 5.55. The van der Waals surface area contributed by atoms with Gasteiger partial charge >= 0.3 is 0 Å². The molecule has 4 heterocycles. The van der Waals surface area contributed by atoms with Crippen molar-refractivity contribution in [3.63, 3.8) is 0 Å². The molecule has 4 rings (SSSR count). The van der Waals surface area contributed by atoms with E-state index in [1.54, 1.807) is 0 Å². The summed E-state index contributed by atoms with van der Waals surface area (Å²) in [5.41, 5.74) is 0.822. The Hall–Kier alpha value is 0.509. The molecule has 0 spiro atoms. The van der Waals surface area contributed by atoms with Crippen LogP contribution in [0.2, 0.25) is 54.7 Å². The maximum absolute atomic E-state index is 3.06. The Morgan fingerprint density at radius 2 is 1.00 bits per heavy atom. The molecule has 0 radical (unpaired) electrons. The lowest BCUT2D eigenvalue weighted by molar-refractivity contribution is 0.459. The molecule has 8 heteroatoms. The molecule has 0 aromatic heterocycles. The normalized spacial score (nSPS) is 26.9. The average Bonchev–Trinajstić information content (AvgIpc) is 3.37. The van der Waals surface area contributed by atoms with Gasteiger partial charge in [-0.15, -0.1) is 0 Å². The molecule has 0 unspecified atom stereocenters. The van der Waals surface area contributed by atoms with Crippen LogP contribution in [0.25, 0.3) is 0 Å². The number of rotatable bonds is 6. The molecule has 0 saturated carbocycles. The van der Waals surface area contributed by atoms with E-state index in [-0.39, 0.29) is 0 Å². The van der Waals surface area contributed by atoms with Gasteiger partial charge in [-0.2, -0.15) is 0 Å². The first kappa shape index (κ1) is 25.6. The zero-order valence-corrected chi connectivity index (χ0v) is 25.1. The predicted molar refractivity (Wildman–Crippen MR) is 153 cm³/mol. The van der Waals surface area contributed by atoms with E-state index in [0.717, 1.165) is 26.2 Å². The van der Waals surface area contributed by atoms with E-state index in [1.165, 1.54) is 77.8 Å². The first-order valence-corrected chi connectivity index (χ1v) is 21.0. The number of nitrogens with zero attached hydrogens (tertiary/aromatic N) is 3. The van der Waals surface area contributed by atoms with Crippen molar-refractivity contribution < 1.29 is 0 Å². The van der Waals surface area contributed by atoms with Crippen molar-refractivity contribution in [3.8, 4) is 0 Å². The summed E-state index contributed by atoms with van der Waals surface area (Å²) in [4.78, 5) is 9.08. The van der Waals surface area contributed by atoms with Gasteiger partial charge in [-0.1, -0.05) is 70.1 Å². The Kier molecular flexibility index (Phi) is 7.09. The molecule has 0 aromatic rings. The van der Waals surface area contributed by atoms with Crippen LogP contribution in [0.5, 0.6) is 0 Å². The molecule has 180 valence electrons. The van der Waals surface area contributed by atoms with Crippen molar-refractivity contribution in [2.45, 2.75) is 114 Å². The lowest BCUT2D eigenvalue weighted by Gasteiger charge is -2.74. The van der Waals surface area contributed by atoms with Crippen LogP contribution in [0.15, 0.2) is 0 Å². The summed E-state index contributed by atoms with van der Waals surface area (Å²) in [5.74, 6) is 0. The van der Waals surface area contributed by atoms with Gasteiger partial charge in [-0.05, 0) is 83.1 Å². The van der Waals surface area contributed by atoms with Crippen molar-refractivity contribution in [2.24, 2.45) is 0 Å². The van der Waals surface area contributed by atoms with Crippen LogP contribution in [0.1, 0.15) is 59.3 Å². The van der Waals surface area contributed by atoms with Crippen molar-refractivity contribution >= 4 is 36.7 Å². The van der Waals surface area contributed by atoms with E-state index in [2.05, 4.69) is 74.5 Å². The SMILES string of the molecule is CC(C)(C)B(C1B(N2CCCC2)C([Si](C)(C)C)([Si](C)(C)C)B1N1CCCC1)N1CCCC1. The van der Waals surface area contributed by atoms with E-state index in [9.17, 15) is 0 Å². The highest BCUT2D eigenvalue weighted by atomic mass is 28.4. The molecule has 32 heavy (non-hydrogen) atoms. The van der Waals surface area contributed by atoms with Gasteiger partial charge in [0.2, 0.25) is 20.5 Å². The Balaban J connectivity index is 1.89. The Morgan fingerprint density at radius 3 is 1.31 bits per heavy atom. The maximum Gasteiger partial charge on any atom is 0.219 e. The van der Waals surface area contributed by atoms with Crippen molar-refractivity contribution in [3.05, 3.63) is 0 Å². The minimum Gasteiger partial charge on any atom is -0.343 e. The van der Waals surface area contributed by atoms with Gasteiger partial charge in [0.15, 0.2) is 0 Å². The summed E-state index contributed by atoms with van der Waals surface area (Å²) in [5, 5.41) is 0.343. The highest BCUT2D eigenvalue weighted by Gasteiger charge is 2.79. The highest BCUT2D eigenvalue weighted by molar-refractivity contribution is 7.32. The van der Waals surface area contributed by atoms with Crippen LogP contribution in [-0.4, -0.2) is 90.4 Å². The molecule has 0 aromatic carbocycles. The standard InChI is InChI=1S/C24H52B3N3Si2/c1-23(2,3)25(28-16-10-11-17-28)22-26(29-18-12-13-19-29)24(31(4,5)6,32(7,8)9)27(22)30-20-14-15-21-30/h22H,10-21H2,1-9H3. The minimum atomic E-state index is -1.45. The summed E-state index contributed by atoms with van der Waals surface area (Å²) in [6.07, 6.45) is 8.53. The maximum atomic E-state index is 3.06. The third-order valence-corrected chi connectivity index (χ3v) is 20.6. The van der Waals surface area contributed by atoms with Gasteiger partial charge < -0.3 is 14.4 Å². The summed E-state index contributed by atoms with van der Waals surface area (Å²) in [7, 11) is -2.89. The van der Waals surface area contributed by atoms with E-state index < -0.39 is 16.1 Å². The third kappa shape index (κ3) is 4.00. The zero-order valence-electron chi connectivity index (χ0n) is 23.1. The second kappa shape index (κ2) is 8.87. The molecule has 4 aliphatic rings. The van der Waals surface area contributed by atoms with E-state index in [4.69, 9.17) is 0 Å². The highest BCUT2D eigenvalue weighted by Crippen LogP contribution is 2.67. The van der Waals surface area contributed by atoms with Crippen LogP contribution in [0.3, 0.4) is 0 Å². The molecule has 4 saturated heterocycles.